The van der Waals surface area contributed by atoms with E-state index in [1.54, 1.807) is 6.26 Å². The van der Waals surface area contributed by atoms with Crippen molar-refractivity contribution in [2.45, 2.75) is 49.0 Å². The van der Waals surface area contributed by atoms with E-state index < -0.39 is 6.10 Å². The first-order valence-corrected chi connectivity index (χ1v) is 11.4. The smallest absolute Gasteiger partial charge is 0.175 e. The van der Waals surface area contributed by atoms with Gasteiger partial charge in [0.2, 0.25) is 0 Å². The minimum absolute atomic E-state index is 0.0850. The van der Waals surface area contributed by atoms with Gasteiger partial charge in [-0.25, -0.2) is 15.0 Å². The van der Waals surface area contributed by atoms with Crippen LogP contribution < -0.4 is 11.1 Å². The van der Waals surface area contributed by atoms with E-state index in [-0.39, 0.29) is 5.54 Å². The molecule has 3 aromatic heterocycles. The van der Waals surface area contributed by atoms with E-state index in [4.69, 9.17) is 15.1 Å². The van der Waals surface area contributed by atoms with Gasteiger partial charge in [-0.05, 0) is 61.6 Å². The van der Waals surface area contributed by atoms with E-state index in [0.29, 0.717) is 35.2 Å². The predicted molar refractivity (Wildman–Crippen MR) is 127 cm³/mol. The van der Waals surface area contributed by atoms with Gasteiger partial charge in [-0.15, -0.1) is 0 Å². The number of fused-ring (bicyclic) bond motifs is 2. The second-order valence-electron chi connectivity index (χ2n) is 8.06. The average molecular weight is 538 g/mol. The summed E-state index contributed by atoms with van der Waals surface area (Å²) in [5.41, 5.74) is 7.95. The predicted octanol–water partition coefficient (Wildman–Crippen LogP) is 3.66. The summed E-state index contributed by atoms with van der Waals surface area (Å²) in [6, 6.07) is 6.01. The molecular formula is C20H23IN6O2S. The molecule has 1 atom stereocenters. The molecule has 158 valence electrons. The number of nitrogens with zero attached hydrogens (tertiary/aromatic N) is 4. The topological polar surface area (TPSA) is 115 Å². The highest BCUT2D eigenvalue weighted by molar-refractivity contribution is 14.1. The molecule has 3 heterocycles. The number of hydrogen-bond donors (Lipinski definition) is 3. The first kappa shape index (κ1) is 21.3. The summed E-state index contributed by atoms with van der Waals surface area (Å²) in [6.07, 6.45) is 2.48. The first-order valence-electron chi connectivity index (χ1n) is 9.45. The molecular weight excluding hydrogens is 515 g/mol. The maximum absolute atomic E-state index is 10.7. The fourth-order valence-corrected chi connectivity index (χ4v) is 4.73. The SMILES string of the molecule is CC(C)(C)NCC(O)Cn1c(Sc2cc3ccoc3cc2I)nc2c(N)ncnc21. The Morgan fingerprint density at radius 1 is 1.33 bits per heavy atom. The van der Waals surface area contributed by atoms with Gasteiger partial charge in [0.25, 0.3) is 0 Å². The Morgan fingerprint density at radius 2 is 2.13 bits per heavy atom. The minimum atomic E-state index is -0.618. The maximum Gasteiger partial charge on any atom is 0.175 e. The quantitative estimate of drug-likeness (QED) is 0.319. The van der Waals surface area contributed by atoms with Crippen LogP contribution in [0, 0.1) is 3.57 Å². The van der Waals surface area contributed by atoms with Gasteiger partial charge in [-0.1, -0.05) is 11.8 Å². The van der Waals surface area contributed by atoms with Crippen molar-refractivity contribution in [1.29, 1.82) is 0 Å². The molecule has 4 N–H and O–H groups in total. The Bertz CT molecular complexity index is 1200. The molecule has 0 spiro atoms. The highest BCUT2D eigenvalue weighted by atomic mass is 127. The zero-order valence-corrected chi connectivity index (χ0v) is 19.9. The van der Waals surface area contributed by atoms with Crippen LogP contribution in [0.25, 0.3) is 22.1 Å². The lowest BCUT2D eigenvalue weighted by atomic mass is 10.1. The fourth-order valence-electron chi connectivity index (χ4n) is 3.02. The second-order valence-corrected chi connectivity index (χ2v) is 10.2. The van der Waals surface area contributed by atoms with Crippen LogP contribution in [-0.2, 0) is 6.54 Å². The number of aliphatic hydroxyl groups excluding tert-OH is 1. The van der Waals surface area contributed by atoms with Gasteiger partial charge in [-0.3, -0.25) is 0 Å². The first-order chi connectivity index (χ1) is 14.2. The molecule has 0 aliphatic heterocycles. The standard InChI is InChI=1S/C20H23IN6O2S/c1-20(2,3)25-8-12(28)9-27-18-16(17(22)23-10-24-18)26-19(27)30-15-6-11-4-5-29-14(11)7-13(15)21/h4-7,10,12,25,28H,8-9H2,1-3H3,(H2,22,23,24). The molecule has 0 fully saturated rings. The van der Waals surface area contributed by atoms with Crippen molar-refractivity contribution in [3.63, 3.8) is 0 Å². The molecule has 0 amide bonds. The van der Waals surface area contributed by atoms with E-state index in [2.05, 4.69) is 64.7 Å². The Balaban J connectivity index is 1.70. The van der Waals surface area contributed by atoms with E-state index in [9.17, 15) is 5.11 Å². The molecule has 1 aromatic carbocycles. The van der Waals surface area contributed by atoms with Gasteiger partial charge in [0.15, 0.2) is 22.1 Å². The summed E-state index contributed by atoms with van der Waals surface area (Å²) in [7, 11) is 0. The number of furan rings is 1. The van der Waals surface area contributed by atoms with Gasteiger partial charge in [-0.2, -0.15) is 0 Å². The molecule has 0 bridgehead atoms. The van der Waals surface area contributed by atoms with Crippen LogP contribution in [0.2, 0.25) is 0 Å². The van der Waals surface area contributed by atoms with Crippen molar-refractivity contribution < 1.29 is 9.52 Å². The molecule has 0 aliphatic carbocycles. The third-order valence-corrected chi connectivity index (χ3v) is 6.81. The number of hydrogen-bond acceptors (Lipinski definition) is 8. The molecule has 8 nitrogen and oxygen atoms in total. The number of halogens is 1. The van der Waals surface area contributed by atoms with Crippen molar-refractivity contribution in [2.24, 2.45) is 0 Å². The van der Waals surface area contributed by atoms with Crippen LogP contribution in [0.5, 0.6) is 0 Å². The van der Waals surface area contributed by atoms with Crippen LogP contribution in [-0.4, -0.2) is 42.8 Å². The van der Waals surface area contributed by atoms with Crippen LogP contribution in [0.15, 0.2) is 45.3 Å². The van der Waals surface area contributed by atoms with Crippen molar-refractivity contribution in [3.05, 3.63) is 34.4 Å². The number of β-amino-alcohol motifs (C(OH)–C–C–N with tert-alkyl or cyclic N) is 1. The van der Waals surface area contributed by atoms with Gasteiger partial charge in [0, 0.05) is 25.9 Å². The number of benzene rings is 1. The number of aromatic nitrogens is 4. The summed E-state index contributed by atoms with van der Waals surface area (Å²) in [4.78, 5) is 14.2. The van der Waals surface area contributed by atoms with Crippen LogP contribution in [0.1, 0.15) is 20.8 Å². The normalized spacial score (nSPS) is 13.4. The molecule has 0 radical (unpaired) electrons. The van der Waals surface area contributed by atoms with E-state index in [0.717, 1.165) is 19.4 Å². The molecule has 0 aliphatic rings. The van der Waals surface area contributed by atoms with Crippen LogP contribution >= 0.6 is 34.4 Å². The summed E-state index contributed by atoms with van der Waals surface area (Å²) < 4.78 is 8.44. The summed E-state index contributed by atoms with van der Waals surface area (Å²) in [5, 5.41) is 15.7. The number of aliphatic hydroxyl groups is 1. The third-order valence-electron chi connectivity index (χ3n) is 4.49. The lowest BCUT2D eigenvalue weighted by molar-refractivity contribution is 0.140. The number of nitrogens with one attached hydrogen (secondary N) is 1. The van der Waals surface area contributed by atoms with E-state index in [1.165, 1.54) is 18.1 Å². The molecule has 4 aromatic rings. The van der Waals surface area contributed by atoms with Crippen LogP contribution in [0.3, 0.4) is 0 Å². The number of nitrogens with two attached hydrogens (primary N) is 1. The zero-order valence-electron chi connectivity index (χ0n) is 16.9. The second kappa shape index (κ2) is 8.33. The number of imidazole rings is 1. The molecule has 4 rings (SSSR count). The minimum Gasteiger partial charge on any atom is -0.464 e. The van der Waals surface area contributed by atoms with E-state index >= 15 is 0 Å². The highest BCUT2D eigenvalue weighted by Crippen LogP contribution is 2.36. The lowest BCUT2D eigenvalue weighted by Gasteiger charge is -2.23. The largest absolute Gasteiger partial charge is 0.464 e. The third kappa shape index (κ3) is 4.56. The zero-order chi connectivity index (χ0) is 21.5. The summed E-state index contributed by atoms with van der Waals surface area (Å²) >= 11 is 3.79. The van der Waals surface area contributed by atoms with Gasteiger partial charge < -0.3 is 25.1 Å². The Morgan fingerprint density at radius 3 is 2.90 bits per heavy atom. The molecule has 30 heavy (non-hydrogen) atoms. The maximum atomic E-state index is 10.7. The van der Waals surface area contributed by atoms with Gasteiger partial charge in [0.05, 0.1) is 18.9 Å². The van der Waals surface area contributed by atoms with Crippen molar-refractivity contribution in [1.82, 2.24) is 24.8 Å². The van der Waals surface area contributed by atoms with Gasteiger partial charge >= 0.3 is 0 Å². The van der Waals surface area contributed by atoms with Crippen molar-refractivity contribution in [2.75, 3.05) is 12.3 Å². The molecule has 1 unspecified atom stereocenters. The molecule has 0 saturated carbocycles. The Kier molecular flexibility index (Phi) is 5.93. The lowest BCUT2D eigenvalue weighted by Crippen LogP contribution is -2.42. The summed E-state index contributed by atoms with van der Waals surface area (Å²) in [5.74, 6) is 0.322. The number of nitrogen functional groups attached to an aromatic ring is 1. The van der Waals surface area contributed by atoms with Crippen LogP contribution in [0.4, 0.5) is 5.82 Å². The van der Waals surface area contributed by atoms with E-state index in [1.807, 2.05) is 16.7 Å². The number of anilines is 1. The molecule has 0 saturated heterocycles. The van der Waals surface area contributed by atoms with Crippen molar-refractivity contribution in [3.8, 4) is 0 Å². The van der Waals surface area contributed by atoms with Crippen molar-refractivity contribution >= 4 is 62.3 Å². The Labute approximate surface area is 191 Å². The average Bonchev–Trinajstić information content (AvgIpc) is 3.25. The Hall–Kier alpha value is -1.89. The fraction of sp³-hybridized carbons (Fsp3) is 0.350. The molecule has 10 heteroatoms. The van der Waals surface area contributed by atoms with Gasteiger partial charge in [0.1, 0.15) is 11.9 Å². The summed E-state index contributed by atoms with van der Waals surface area (Å²) in [6.45, 7) is 6.98. The number of rotatable bonds is 6. The highest BCUT2D eigenvalue weighted by Gasteiger charge is 2.20. The monoisotopic (exact) mass is 538 g/mol.